The Labute approximate surface area is 177 Å². The second-order valence-electron chi connectivity index (χ2n) is 8.64. The minimum Gasteiger partial charge on any atom is -0.466 e. The van der Waals surface area contributed by atoms with Crippen molar-refractivity contribution in [3.63, 3.8) is 0 Å². The van der Waals surface area contributed by atoms with Gasteiger partial charge in [-0.25, -0.2) is 0 Å². The highest BCUT2D eigenvalue weighted by Gasteiger charge is 2.73. The number of nitrogens with zero attached hydrogens (tertiary/aromatic N) is 1. The quantitative estimate of drug-likeness (QED) is 0.408. The molecule has 0 aliphatic carbocycles. The summed E-state index contributed by atoms with van der Waals surface area (Å²) in [5, 5.41) is 12.0. The lowest BCUT2D eigenvalue weighted by Gasteiger charge is -2.34. The van der Waals surface area contributed by atoms with Gasteiger partial charge in [-0.15, -0.1) is 11.8 Å². The van der Waals surface area contributed by atoms with Gasteiger partial charge in [0, 0.05) is 24.4 Å². The van der Waals surface area contributed by atoms with Crippen molar-refractivity contribution in [2.24, 2.45) is 11.8 Å². The third-order valence-corrected chi connectivity index (χ3v) is 8.30. The van der Waals surface area contributed by atoms with E-state index in [-0.39, 0.29) is 35.7 Å². The average Bonchev–Trinajstić information content (AvgIpc) is 3.29. The number of likely N-dealkylation sites (tertiary alicyclic amines) is 1. The maximum atomic E-state index is 13.5. The molecule has 8 heteroatoms. The Balaban J connectivity index is 1.85. The van der Waals surface area contributed by atoms with E-state index in [0.29, 0.717) is 13.2 Å². The molecule has 164 valence electrons. The van der Waals surface area contributed by atoms with Crippen molar-refractivity contribution in [1.29, 1.82) is 0 Å². The molecule has 29 heavy (non-hydrogen) atoms. The molecule has 3 saturated heterocycles. The van der Waals surface area contributed by atoms with E-state index in [0.717, 1.165) is 38.5 Å². The summed E-state index contributed by atoms with van der Waals surface area (Å²) >= 11 is 1.67. The first-order valence-corrected chi connectivity index (χ1v) is 11.8. The van der Waals surface area contributed by atoms with Crippen molar-refractivity contribution in [3.8, 4) is 0 Å². The summed E-state index contributed by atoms with van der Waals surface area (Å²) in [6, 6.07) is -0.543. The Hall–Kier alpha value is -1.28. The van der Waals surface area contributed by atoms with Gasteiger partial charge in [0.1, 0.15) is 6.04 Å². The van der Waals surface area contributed by atoms with Gasteiger partial charge in [0.25, 0.3) is 0 Å². The van der Waals surface area contributed by atoms with Gasteiger partial charge in [0.2, 0.25) is 11.8 Å². The Bertz CT molecular complexity index is 643. The number of ether oxygens (including phenoxy) is 1. The molecular formula is C21H34N2O5S. The standard InChI is InChI=1S/C21H34N2O5S/c1-4-28-20(27)15-14-9-10-21(29-14)16(15)19(26)23(11-7-5-6-8-12-24)17(21)18(25)22-13(2)3/h13-17,24H,4-12H2,1-3H3,(H,22,25)/t14-,15+,16+,17?,21?/m1/s1. The molecule has 3 aliphatic heterocycles. The maximum Gasteiger partial charge on any atom is 0.310 e. The van der Waals surface area contributed by atoms with Crippen LogP contribution in [0.3, 0.4) is 0 Å². The van der Waals surface area contributed by atoms with Crippen molar-refractivity contribution in [2.75, 3.05) is 19.8 Å². The number of rotatable bonds is 10. The zero-order valence-electron chi connectivity index (χ0n) is 17.7. The highest BCUT2D eigenvalue weighted by molar-refractivity contribution is 8.02. The van der Waals surface area contributed by atoms with Crippen LogP contribution in [0.1, 0.15) is 59.3 Å². The van der Waals surface area contributed by atoms with Crippen molar-refractivity contribution in [1.82, 2.24) is 10.2 Å². The van der Waals surface area contributed by atoms with E-state index < -0.39 is 22.6 Å². The fourth-order valence-corrected chi connectivity index (χ4v) is 7.52. The molecule has 2 amide bonds. The van der Waals surface area contributed by atoms with E-state index in [4.69, 9.17) is 9.84 Å². The van der Waals surface area contributed by atoms with Gasteiger partial charge < -0.3 is 20.1 Å². The van der Waals surface area contributed by atoms with Crippen LogP contribution in [0.25, 0.3) is 0 Å². The smallest absolute Gasteiger partial charge is 0.310 e. The predicted molar refractivity (Wildman–Crippen MR) is 111 cm³/mol. The monoisotopic (exact) mass is 426 g/mol. The van der Waals surface area contributed by atoms with Crippen LogP contribution in [0.4, 0.5) is 0 Å². The lowest BCUT2D eigenvalue weighted by atomic mass is 9.71. The van der Waals surface area contributed by atoms with Crippen LogP contribution in [0, 0.1) is 11.8 Å². The summed E-state index contributed by atoms with van der Waals surface area (Å²) in [6.07, 6.45) is 4.97. The summed E-state index contributed by atoms with van der Waals surface area (Å²) in [4.78, 5) is 41.1. The predicted octanol–water partition coefficient (Wildman–Crippen LogP) is 1.72. The molecule has 2 bridgehead atoms. The number of carbonyl (C=O) groups is 3. The zero-order chi connectivity index (χ0) is 21.2. The molecule has 2 unspecified atom stereocenters. The van der Waals surface area contributed by atoms with Crippen LogP contribution >= 0.6 is 11.8 Å². The number of unbranched alkanes of at least 4 members (excludes halogenated alkanes) is 3. The Morgan fingerprint density at radius 3 is 2.69 bits per heavy atom. The van der Waals surface area contributed by atoms with E-state index in [1.54, 1.807) is 23.6 Å². The average molecular weight is 427 g/mol. The van der Waals surface area contributed by atoms with Gasteiger partial charge in [0.05, 0.1) is 23.2 Å². The summed E-state index contributed by atoms with van der Waals surface area (Å²) in [6.45, 7) is 6.61. The lowest BCUT2D eigenvalue weighted by molar-refractivity contribution is -0.153. The largest absolute Gasteiger partial charge is 0.466 e. The van der Waals surface area contributed by atoms with Crippen molar-refractivity contribution in [2.45, 2.75) is 81.4 Å². The number of hydrogen-bond donors (Lipinski definition) is 2. The first-order chi connectivity index (χ1) is 13.9. The van der Waals surface area contributed by atoms with Crippen LogP contribution in [0.5, 0.6) is 0 Å². The number of hydrogen-bond acceptors (Lipinski definition) is 6. The second kappa shape index (κ2) is 9.25. The highest BCUT2D eigenvalue weighted by Crippen LogP contribution is 2.66. The van der Waals surface area contributed by atoms with Crippen LogP contribution in [-0.2, 0) is 19.1 Å². The number of carbonyl (C=O) groups excluding carboxylic acids is 3. The van der Waals surface area contributed by atoms with Gasteiger partial charge >= 0.3 is 5.97 Å². The first kappa shape index (κ1) is 22.4. The minimum absolute atomic E-state index is 0.0103. The van der Waals surface area contributed by atoms with Crippen molar-refractivity contribution >= 4 is 29.5 Å². The molecular weight excluding hydrogens is 392 g/mol. The Morgan fingerprint density at radius 2 is 2.03 bits per heavy atom. The molecule has 3 aliphatic rings. The van der Waals surface area contributed by atoms with Crippen LogP contribution < -0.4 is 5.32 Å². The normalized spacial score (nSPS) is 32.7. The van der Waals surface area contributed by atoms with Crippen LogP contribution in [0.15, 0.2) is 0 Å². The summed E-state index contributed by atoms with van der Waals surface area (Å²) in [5.74, 6) is -1.38. The number of aliphatic hydroxyl groups is 1. The van der Waals surface area contributed by atoms with Crippen LogP contribution in [-0.4, -0.2) is 69.6 Å². The van der Waals surface area contributed by atoms with Gasteiger partial charge in [-0.3, -0.25) is 14.4 Å². The molecule has 0 aromatic rings. The Morgan fingerprint density at radius 1 is 1.31 bits per heavy atom. The fourth-order valence-electron chi connectivity index (χ4n) is 5.31. The van der Waals surface area contributed by atoms with Gasteiger partial charge in [-0.2, -0.15) is 0 Å². The Kier molecular flexibility index (Phi) is 7.14. The van der Waals surface area contributed by atoms with E-state index in [9.17, 15) is 14.4 Å². The second-order valence-corrected chi connectivity index (χ2v) is 10.2. The molecule has 3 rings (SSSR count). The van der Waals surface area contributed by atoms with Crippen molar-refractivity contribution < 1.29 is 24.2 Å². The van der Waals surface area contributed by atoms with Gasteiger partial charge in [-0.1, -0.05) is 12.8 Å². The number of aliphatic hydroxyl groups excluding tert-OH is 1. The molecule has 0 saturated carbocycles. The van der Waals surface area contributed by atoms with E-state index >= 15 is 0 Å². The minimum atomic E-state index is -0.533. The van der Waals surface area contributed by atoms with E-state index in [1.165, 1.54) is 0 Å². The molecule has 1 spiro atoms. The number of esters is 1. The van der Waals surface area contributed by atoms with Crippen LogP contribution in [0.2, 0.25) is 0 Å². The third kappa shape index (κ3) is 4.02. The molecule has 2 N–H and O–H groups in total. The maximum absolute atomic E-state index is 13.5. The summed E-state index contributed by atoms with van der Waals surface area (Å²) in [5.41, 5.74) is 0. The van der Waals surface area contributed by atoms with E-state index in [2.05, 4.69) is 5.32 Å². The molecule has 3 fully saturated rings. The SMILES string of the molecule is CCOC(=O)[C@@H]1[C@H]2C(=O)N(CCCCCCO)C(C(=O)NC(C)C)C23CC[C@H]1S3. The number of amides is 2. The lowest BCUT2D eigenvalue weighted by Crippen LogP contribution is -2.54. The summed E-state index contributed by atoms with van der Waals surface area (Å²) in [7, 11) is 0. The topological polar surface area (TPSA) is 95.9 Å². The van der Waals surface area contributed by atoms with Crippen molar-refractivity contribution in [3.05, 3.63) is 0 Å². The van der Waals surface area contributed by atoms with Gasteiger partial charge in [-0.05, 0) is 46.5 Å². The third-order valence-electron chi connectivity index (χ3n) is 6.35. The molecule has 0 aromatic heterocycles. The summed E-state index contributed by atoms with van der Waals surface area (Å²) < 4.78 is 4.78. The molecule has 7 nitrogen and oxygen atoms in total. The number of nitrogens with one attached hydrogen (secondary N) is 1. The molecule has 5 atom stereocenters. The molecule has 3 heterocycles. The highest BCUT2D eigenvalue weighted by atomic mass is 32.2. The number of fused-ring (bicyclic) bond motifs is 1. The molecule has 0 radical (unpaired) electrons. The fraction of sp³-hybridized carbons (Fsp3) is 0.857. The number of thioether (sulfide) groups is 1. The van der Waals surface area contributed by atoms with Gasteiger partial charge in [0.15, 0.2) is 0 Å². The van der Waals surface area contributed by atoms with E-state index in [1.807, 2.05) is 13.8 Å². The molecule has 0 aromatic carbocycles. The zero-order valence-corrected chi connectivity index (χ0v) is 18.5. The first-order valence-electron chi connectivity index (χ1n) is 10.9.